The number of carbonyl (C=O) groups is 1. The van der Waals surface area contributed by atoms with Crippen LogP contribution in [-0.2, 0) is 6.42 Å². The fourth-order valence-electron chi connectivity index (χ4n) is 1.65. The molecule has 0 unspecified atom stereocenters. The lowest BCUT2D eigenvalue weighted by Crippen LogP contribution is -2.05. The van der Waals surface area contributed by atoms with Gasteiger partial charge >= 0.3 is 0 Å². The molecule has 0 aliphatic heterocycles. The first-order valence-corrected chi connectivity index (χ1v) is 5.23. The zero-order chi connectivity index (χ0) is 12.3. The highest BCUT2D eigenvalue weighted by Crippen LogP contribution is 2.21. The molecule has 88 valence electrons. The maximum absolute atomic E-state index is 11.9. The second-order valence-electron chi connectivity index (χ2n) is 3.77. The van der Waals surface area contributed by atoms with E-state index in [4.69, 9.17) is 4.74 Å². The number of H-pyrrole nitrogens is 1. The topological polar surface area (TPSA) is 67.9 Å². The molecule has 0 saturated heterocycles. The Labute approximate surface area is 98.8 Å². The van der Waals surface area contributed by atoms with Crippen LogP contribution in [0, 0.1) is 6.92 Å². The minimum absolute atomic E-state index is 0.0809. The van der Waals surface area contributed by atoms with Crippen LogP contribution in [0.4, 0.5) is 0 Å². The minimum Gasteiger partial charge on any atom is -0.496 e. The van der Waals surface area contributed by atoms with Gasteiger partial charge in [0.15, 0.2) is 5.78 Å². The molecule has 0 fully saturated rings. The molecule has 5 nitrogen and oxygen atoms in total. The van der Waals surface area contributed by atoms with Crippen molar-refractivity contribution in [3.8, 4) is 5.75 Å². The number of ketones is 1. The molecule has 0 radical (unpaired) electrons. The number of aryl methyl sites for hydroxylation is 1. The van der Waals surface area contributed by atoms with Crippen molar-refractivity contribution in [3.63, 3.8) is 0 Å². The molecule has 2 rings (SSSR count). The van der Waals surface area contributed by atoms with Gasteiger partial charge in [0.25, 0.3) is 0 Å². The number of benzene rings is 1. The summed E-state index contributed by atoms with van der Waals surface area (Å²) < 4.78 is 5.22. The molecular formula is C12H13N3O2. The normalized spacial score (nSPS) is 10.2. The first-order chi connectivity index (χ1) is 8.20. The minimum atomic E-state index is -0.0809. The van der Waals surface area contributed by atoms with Gasteiger partial charge in [0.05, 0.1) is 13.3 Å². The highest BCUT2D eigenvalue weighted by molar-refractivity contribution is 5.95. The van der Waals surface area contributed by atoms with Gasteiger partial charge in [-0.3, -0.25) is 4.79 Å². The predicted octanol–water partition coefficient (Wildman–Crippen LogP) is 1.55. The number of carbonyl (C=O) groups excluding carboxylic acids is 1. The molecule has 1 N–H and O–H groups in total. The van der Waals surface area contributed by atoms with Crippen molar-refractivity contribution in [2.75, 3.05) is 7.11 Å². The van der Waals surface area contributed by atoms with Gasteiger partial charge in [0.1, 0.15) is 11.4 Å². The molecule has 5 heteroatoms. The summed E-state index contributed by atoms with van der Waals surface area (Å²) in [6.45, 7) is 1.98. The SMILES string of the molecule is COc1ccc(C)cc1CC(=O)c1cn[nH]n1. The maximum atomic E-state index is 11.9. The van der Waals surface area contributed by atoms with Crippen LogP contribution < -0.4 is 4.74 Å². The molecule has 0 saturated carbocycles. The van der Waals surface area contributed by atoms with Gasteiger partial charge in [0.2, 0.25) is 0 Å². The van der Waals surface area contributed by atoms with Crippen molar-refractivity contribution >= 4 is 5.78 Å². The summed E-state index contributed by atoms with van der Waals surface area (Å²) in [4.78, 5) is 11.9. The summed E-state index contributed by atoms with van der Waals surface area (Å²) in [5, 5.41) is 9.80. The monoisotopic (exact) mass is 231 g/mol. The number of ether oxygens (including phenoxy) is 1. The summed E-state index contributed by atoms with van der Waals surface area (Å²) in [5.74, 6) is 0.634. The maximum Gasteiger partial charge on any atom is 0.189 e. The molecule has 0 aliphatic carbocycles. The standard InChI is InChI=1S/C12H13N3O2/c1-8-3-4-12(17-2)9(5-8)6-11(16)10-7-13-15-14-10/h3-5,7H,6H2,1-2H3,(H,13,14,15). The number of aromatic amines is 1. The van der Waals surface area contributed by atoms with Crippen molar-refractivity contribution in [1.29, 1.82) is 0 Å². The molecule has 1 aromatic carbocycles. The average molecular weight is 231 g/mol. The van der Waals surface area contributed by atoms with Crippen LogP contribution >= 0.6 is 0 Å². The fraction of sp³-hybridized carbons (Fsp3) is 0.250. The Kier molecular flexibility index (Phi) is 3.18. The van der Waals surface area contributed by atoms with E-state index in [9.17, 15) is 4.79 Å². The molecule has 0 atom stereocenters. The third-order valence-corrected chi connectivity index (χ3v) is 2.49. The first-order valence-electron chi connectivity index (χ1n) is 5.23. The van der Waals surface area contributed by atoms with Gasteiger partial charge in [-0.05, 0) is 13.0 Å². The zero-order valence-electron chi connectivity index (χ0n) is 9.73. The van der Waals surface area contributed by atoms with Crippen molar-refractivity contribution < 1.29 is 9.53 Å². The van der Waals surface area contributed by atoms with E-state index in [0.717, 1.165) is 11.1 Å². The van der Waals surface area contributed by atoms with Gasteiger partial charge in [-0.15, -0.1) is 0 Å². The second-order valence-corrected chi connectivity index (χ2v) is 3.77. The Morgan fingerprint density at radius 2 is 2.29 bits per heavy atom. The number of nitrogens with zero attached hydrogens (tertiary/aromatic N) is 2. The van der Waals surface area contributed by atoms with E-state index >= 15 is 0 Å². The lowest BCUT2D eigenvalue weighted by Gasteiger charge is -2.07. The highest BCUT2D eigenvalue weighted by atomic mass is 16.5. The summed E-state index contributed by atoms with van der Waals surface area (Å²) in [7, 11) is 1.59. The number of nitrogens with one attached hydrogen (secondary N) is 1. The number of hydrogen-bond donors (Lipinski definition) is 1. The van der Waals surface area contributed by atoms with Gasteiger partial charge < -0.3 is 4.74 Å². The van der Waals surface area contributed by atoms with Crippen molar-refractivity contribution in [1.82, 2.24) is 15.4 Å². The highest BCUT2D eigenvalue weighted by Gasteiger charge is 2.13. The van der Waals surface area contributed by atoms with Crippen LogP contribution in [0.2, 0.25) is 0 Å². The Bertz CT molecular complexity index is 521. The summed E-state index contributed by atoms with van der Waals surface area (Å²) in [5.41, 5.74) is 2.29. The van der Waals surface area contributed by atoms with E-state index in [1.165, 1.54) is 6.20 Å². The molecule has 1 heterocycles. The molecule has 0 amide bonds. The molecule has 2 aromatic rings. The van der Waals surface area contributed by atoms with Crippen LogP contribution in [0.5, 0.6) is 5.75 Å². The van der Waals surface area contributed by atoms with E-state index in [2.05, 4.69) is 15.4 Å². The van der Waals surface area contributed by atoms with Crippen LogP contribution in [-0.4, -0.2) is 28.3 Å². The quantitative estimate of drug-likeness (QED) is 0.810. The fourth-order valence-corrected chi connectivity index (χ4v) is 1.65. The molecular weight excluding hydrogens is 218 g/mol. The van der Waals surface area contributed by atoms with Gasteiger partial charge in [-0.2, -0.15) is 15.4 Å². The van der Waals surface area contributed by atoms with Crippen LogP contribution in [0.3, 0.4) is 0 Å². The van der Waals surface area contributed by atoms with E-state index < -0.39 is 0 Å². The zero-order valence-corrected chi connectivity index (χ0v) is 9.73. The Morgan fingerprint density at radius 3 is 2.94 bits per heavy atom. The van der Waals surface area contributed by atoms with Crippen molar-refractivity contribution in [3.05, 3.63) is 41.2 Å². The summed E-state index contributed by atoms with van der Waals surface area (Å²) in [6.07, 6.45) is 1.68. The van der Waals surface area contributed by atoms with Crippen LogP contribution in [0.25, 0.3) is 0 Å². The van der Waals surface area contributed by atoms with Crippen LogP contribution in [0.1, 0.15) is 21.6 Å². The molecule has 17 heavy (non-hydrogen) atoms. The first kappa shape index (κ1) is 11.3. The number of rotatable bonds is 4. The van der Waals surface area contributed by atoms with E-state index in [0.29, 0.717) is 11.4 Å². The number of Topliss-reactive ketones (excluding diaryl/α,β-unsaturated/α-hetero) is 1. The number of hydrogen-bond acceptors (Lipinski definition) is 4. The molecule has 0 aliphatic rings. The predicted molar refractivity (Wildman–Crippen MR) is 62.1 cm³/mol. The second kappa shape index (κ2) is 4.78. The lowest BCUT2D eigenvalue weighted by atomic mass is 10.0. The van der Waals surface area contributed by atoms with Crippen molar-refractivity contribution in [2.45, 2.75) is 13.3 Å². The molecule has 0 spiro atoms. The third kappa shape index (κ3) is 2.50. The van der Waals surface area contributed by atoms with E-state index in [1.807, 2.05) is 25.1 Å². The average Bonchev–Trinajstić information content (AvgIpc) is 2.83. The van der Waals surface area contributed by atoms with E-state index in [-0.39, 0.29) is 12.2 Å². The Balaban J connectivity index is 2.23. The Morgan fingerprint density at radius 1 is 1.47 bits per heavy atom. The lowest BCUT2D eigenvalue weighted by molar-refractivity contribution is 0.0987. The smallest absolute Gasteiger partial charge is 0.189 e. The Hall–Kier alpha value is -2.17. The summed E-state index contributed by atoms with van der Waals surface area (Å²) in [6, 6.07) is 5.75. The number of aromatic nitrogens is 3. The largest absolute Gasteiger partial charge is 0.496 e. The van der Waals surface area contributed by atoms with Crippen LogP contribution in [0.15, 0.2) is 24.4 Å². The van der Waals surface area contributed by atoms with Gasteiger partial charge in [0, 0.05) is 12.0 Å². The summed E-state index contributed by atoms with van der Waals surface area (Å²) >= 11 is 0. The number of methoxy groups -OCH3 is 1. The third-order valence-electron chi connectivity index (χ3n) is 2.49. The molecule has 0 bridgehead atoms. The van der Waals surface area contributed by atoms with Crippen molar-refractivity contribution in [2.24, 2.45) is 0 Å². The molecule has 1 aromatic heterocycles. The van der Waals surface area contributed by atoms with Gasteiger partial charge in [-0.25, -0.2) is 0 Å². The van der Waals surface area contributed by atoms with E-state index in [1.54, 1.807) is 7.11 Å². The van der Waals surface area contributed by atoms with Gasteiger partial charge in [-0.1, -0.05) is 17.7 Å².